The highest BCUT2D eigenvalue weighted by Crippen LogP contribution is 2.21. The molecule has 4 nitrogen and oxygen atoms in total. The van der Waals surface area contributed by atoms with Gasteiger partial charge in [-0.2, -0.15) is 0 Å². The van der Waals surface area contributed by atoms with Crippen molar-refractivity contribution in [1.29, 1.82) is 0 Å². The standard InChI is InChI=1S/C13H15NO3S/c1-10-3-5-12(6-4-10)18(16,17)14-8-7-11(2)9-13(14)15/h3-6,9H,7-8H2,1-2H3. The molecule has 0 aromatic heterocycles. The van der Waals surface area contributed by atoms with Gasteiger partial charge in [-0.15, -0.1) is 0 Å². The Bertz CT molecular complexity index is 600. The summed E-state index contributed by atoms with van der Waals surface area (Å²) < 4.78 is 25.5. The molecule has 0 saturated heterocycles. The maximum Gasteiger partial charge on any atom is 0.266 e. The summed E-state index contributed by atoms with van der Waals surface area (Å²) in [6, 6.07) is 6.51. The summed E-state index contributed by atoms with van der Waals surface area (Å²) >= 11 is 0. The molecule has 5 heteroatoms. The summed E-state index contributed by atoms with van der Waals surface area (Å²) in [5.74, 6) is -0.459. The van der Waals surface area contributed by atoms with Gasteiger partial charge in [0, 0.05) is 12.6 Å². The third-order valence-electron chi connectivity index (χ3n) is 2.93. The van der Waals surface area contributed by atoms with E-state index in [2.05, 4.69) is 0 Å². The van der Waals surface area contributed by atoms with Gasteiger partial charge in [-0.1, -0.05) is 23.3 Å². The fourth-order valence-electron chi connectivity index (χ4n) is 1.82. The van der Waals surface area contributed by atoms with Crippen LogP contribution >= 0.6 is 0 Å². The summed E-state index contributed by atoms with van der Waals surface area (Å²) in [6.45, 7) is 3.93. The zero-order valence-electron chi connectivity index (χ0n) is 10.4. The van der Waals surface area contributed by atoms with E-state index in [1.807, 2.05) is 13.8 Å². The van der Waals surface area contributed by atoms with Gasteiger partial charge < -0.3 is 0 Å². The molecule has 18 heavy (non-hydrogen) atoms. The first-order valence-electron chi connectivity index (χ1n) is 5.72. The maximum absolute atomic E-state index is 12.3. The quantitative estimate of drug-likeness (QED) is 0.820. The van der Waals surface area contributed by atoms with Crippen LogP contribution in [0.5, 0.6) is 0 Å². The SMILES string of the molecule is CC1=CC(=O)N(S(=O)(=O)c2ccc(C)cc2)CC1. The van der Waals surface area contributed by atoms with Gasteiger partial charge in [-0.3, -0.25) is 4.79 Å². The average molecular weight is 265 g/mol. The van der Waals surface area contributed by atoms with Crippen LogP contribution in [-0.4, -0.2) is 25.2 Å². The minimum Gasteiger partial charge on any atom is -0.269 e. The van der Waals surface area contributed by atoms with Crippen LogP contribution in [0.2, 0.25) is 0 Å². The summed E-state index contributed by atoms with van der Waals surface area (Å²) in [7, 11) is -3.71. The van der Waals surface area contributed by atoms with Crippen molar-refractivity contribution in [2.45, 2.75) is 25.2 Å². The monoisotopic (exact) mass is 265 g/mol. The predicted molar refractivity (Wildman–Crippen MR) is 68.5 cm³/mol. The van der Waals surface area contributed by atoms with E-state index in [1.54, 1.807) is 12.1 Å². The number of aryl methyl sites for hydroxylation is 1. The zero-order valence-corrected chi connectivity index (χ0v) is 11.2. The van der Waals surface area contributed by atoms with E-state index in [1.165, 1.54) is 18.2 Å². The Balaban J connectivity index is 2.38. The topological polar surface area (TPSA) is 54.5 Å². The molecule has 0 unspecified atom stereocenters. The lowest BCUT2D eigenvalue weighted by molar-refractivity contribution is -0.122. The van der Waals surface area contributed by atoms with E-state index in [-0.39, 0.29) is 11.4 Å². The second-order valence-electron chi connectivity index (χ2n) is 4.47. The van der Waals surface area contributed by atoms with Gasteiger partial charge in [0.25, 0.3) is 15.9 Å². The van der Waals surface area contributed by atoms with Crippen LogP contribution in [0.3, 0.4) is 0 Å². The van der Waals surface area contributed by atoms with Crippen LogP contribution in [-0.2, 0) is 14.8 Å². The van der Waals surface area contributed by atoms with Gasteiger partial charge in [0.05, 0.1) is 4.90 Å². The molecule has 1 aromatic rings. The molecule has 0 bridgehead atoms. The molecule has 0 fully saturated rings. The molecule has 1 aliphatic heterocycles. The summed E-state index contributed by atoms with van der Waals surface area (Å²) in [5, 5.41) is 0. The number of sulfonamides is 1. The Kier molecular flexibility index (Phi) is 3.26. The number of rotatable bonds is 2. The van der Waals surface area contributed by atoms with E-state index in [0.717, 1.165) is 15.4 Å². The first-order chi connectivity index (χ1) is 8.41. The van der Waals surface area contributed by atoms with Crippen LogP contribution < -0.4 is 0 Å². The average Bonchev–Trinajstić information content (AvgIpc) is 2.29. The molecule has 0 spiro atoms. The number of hydrogen-bond acceptors (Lipinski definition) is 3. The predicted octanol–water partition coefficient (Wildman–Crippen LogP) is 1.86. The lowest BCUT2D eigenvalue weighted by Gasteiger charge is -2.24. The Hall–Kier alpha value is -1.62. The maximum atomic E-state index is 12.3. The molecule has 2 rings (SSSR count). The molecular weight excluding hydrogens is 250 g/mol. The van der Waals surface area contributed by atoms with Crippen molar-refractivity contribution in [3.63, 3.8) is 0 Å². The summed E-state index contributed by atoms with van der Waals surface area (Å²) in [4.78, 5) is 11.9. The lowest BCUT2D eigenvalue weighted by atomic mass is 10.1. The molecule has 1 aromatic carbocycles. The first kappa shape index (κ1) is 12.8. The van der Waals surface area contributed by atoms with Crippen molar-refractivity contribution in [3.05, 3.63) is 41.5 Å². The number of carbonyl (C=O) groups is 1. The largest absolute Gasteiger partial charge is 0.269 e. The second-order valence-corrected chi connectivity index (χ2v) is 6.33. The van der Waals surface area contributed by atoms with E-state index < -0.39 is 15.9 Å². The van der Waals surface area contributed by atoms with Crippen LogP contribution in [0.4, 0.5) is 0 Å². The molecule has 0 saturated carbocycles. The van der Waals surface area contributed by atoms with Gasteiger partial charge in [0.2, 0.25) is 0 Å². The van der Waals surface area contributed by atoms with E-state index >= 15 is 0 Å². The van der Waals surface area contributed by atoms with Crippen molar-refractivity contribution < 1.29 is 13.2 Å². The minimum atomic E-state index is -3.71. The number of hydrogen-bond donors (Lipinski definition) is 0. The van der Waals surface area contributed by atoms with Crippen LogP contribution in [0.25, 0.3) is 0 Å². The third-order valence-corrected chi connectivity index (χ3v) is 4.74. The Labute approximate surface area is 107 Å². The van der Waals surface area contributed by atoms with Crippen molar-refractivity contribution in [2.24, 2.45) is 0 Å². The van der Waals surface area contributed by atoms with Gasteiger partial charge in [0.15, 0.2) is 0 Å². The molecule has 1 amide bonds. The van der Waals surface area contributed by atoms with Crippen molar-refractivity contribution >= 4 is 15.9 Å². The molecule has 0 aliphatic carbocycles. The van der Waals surface area contributed by atoms with Gasteiger partial charge in [-0.05, 0) is 32.4 Å². The molecule has 0 N–H and O–H groups in total. The number of carbonyl (C=O) groups excluding carboxylic acids is 1. The van der Waals surface area contributed by atoms with Crippen molar-refractivity contribution in [2.75, 3.05) is 6.54 Å². The highest BCUT2D eigenvalue weighted by atomic mass is 32.2. The number of benzene rings is 1. The summed E-state index contributed by atoms with van der Waals surface area (Å²) in [6.07, 6.45) is 1.98. The molecular formula is C13H15NO3S. The van der Waals surface area contributed by atoms with Gasteiger partial charge in [0.1, 0.15) is 0 Å². The fraction of sp³-hybridized carbons (Fsp3) is 0.308. The highest BCUT2D eigenvalue weighted by molar-refractivity contribution is 7.89. The molecule has 1 aliphatic rings. The normalized spacial score (nSPS) is 16.7. The lowest BCUT2D eigenvalue weighted by Crippen LogP contribution is -2.38. The highest BCUT2D eigenvalue weighted by Gasteiger charge is 2.29. The molecule has 0 radical (unpaired) electrons. The first-order valence-corrected chi connectivity index (χ1v) is 7.16. The minimum absolute atomic E-state index is 0.161. The van der Waals surface area contributed by atoms with E-state index in [0.29, 0.717) is 6.42 Å². The third kappa shape index (κ3) is 2.31. The smallest absolute Gasteiger partial charge is 0.266 e. The van der Waals surface area contributed by atoms with E-state index in [4.69, 9.17) is 0 Å². The van der Waals surface area contributed by atoms with Crippen LogP contribution in [0.1, 0.15) is 18.9 Å². The second kappa shape index (κ2) is 4.57. The Morgan fingerprint density at radius 1 is 1.11 bits per heavy atom. The van der Waals surface area contributed by atoms with Crippen molar-refractivity contribution in [1.82, 2.24) is 4.31 Å². The van der Waals surface area contributed by atoms with Crippen LogP contribution in [0.15, 0.2) is 40.8 Å². The van der Waals surface area contributed by atoms with Crippen LogP contribution in [0, 0.1) is 6.92 Å². The van der Waals surface area contributed by atoms with E-state index in [9.17, 15) is 13.2 Å². The summed E-state index contributed by atoms with van der Waals surface area (Å²) in [5.41, 5.74) is 1.89. The van der Waals surface area contributed by atoms with Crippen molar-refractivity contribution in [3.8, 4) is 0 Å². The fourth-order valence-corrected chi connectivity index (χ4v) is 3.17. The molecule has 96 valence electrons. The number of nitrogens with zero attached hydrogens (tertiary/aromatic N) is 1. The van der Waals surface area contributed by atoms with Gasteiger partial charge in [-0.25, -0.2) is 12.7 Å². The Morgan fingerprint density at radius 2 is 1.72 bits per heavy atom. The Morgan fingerprint density at radius 3 is 2.28 bits per heavy atom. The van der Waals surface area contributed by atoms with Gasteiger partial charge >= 0.3 is 0 Å². The molecule has 1 heterocycles. The molecule has 0 atom stereocenters. The zero-order chi connectivity index (χ0) is 13.3. The number of amides is 1.